The zero-order valence-electron chi connectivity index (χ0n) is 10.6. The zero-order valence-corrected chi connectivity index (χ0v) is 12.1. The zero-order chi connectivity index (χ0) is 15.5. The van der Waals surface area contributed by atoms with E-state index in [0.717, 1.165) is 6.21 Å². The van der Waals surface area contributed by atoms with E-state index in [4.69, 9.17) is 11.6 Å². The average Bonchev–Trinajstić information content (AvgIpc) is 2.44. The Hall–Kier alpha value is -2.25. The molecule has 0 saturated heterocycles. The van der Waals surface area contributed by atoms with Crippen LogP contribution >= 0.6 is 11.6 Å². The molecule has 0 spiro atoms. The molecule has 0 amide bonds. The van der Waals surface area contributed by atoms with Crippen molar-refractivity contribution in [1.82, 2.24) is 4.83 Å². The summed E-state index contributed by atoms with van der Waals surface area (Å²) in [6, 6.07) is 9.82. The van der Waals surface area contributed by atoms with Crippen LogP contribution in [0.2, 0.25) is 5.02 Å². The number of hydrazone groups is 1. The summed E-state index contributed by atoms with van der Waals surface area (Å²) in [5.41, 5.74) is 0.175. The maximum atomic E-state index is 11.9. The normalized spacial score (nSPS) is 11.7. The van der Waals surface area contributed by atoms with Crippen molar-refractivity contribution >= 4 is 27.8 Å². The lowest BCUT2D eigenvalue weighted by molar-refractivity contribution is 0.403. The van der Waals surface area contributed by atoms with Gasteiger partial charge in [-0.1, -0.05) is 17.7 Å². The summed E-state index contributed by atoms with van der Waals surface area (Å²) >= 11 is 5.68. The molecule has 0 aliphatic rings. The van der Waals surface area contributed by atoms with Crippen LogP contribution in [0.5, 0.6) is 11.5 Å². The van der Waals surface area contributed by atoms with Gasteiger partial charge in [0.25, 0.3) is 10.0 Å². The average molecular weight is 327 g/mol. The van der Waals surface area contributed by atoms with Crippen LogP contribution in [0.3, 0.4) is 0 Å². The highest BCUT2D eigenvalue weighted by Gasteiger charge is 2.12. The number of hydrogen-bond acceptors (Lipinski definition) is 5. The molecule has 21 heavy (non-hydrogen) atoms. The Morgan fingerprint density at radius 1 is 1.10 bits per heavy atom. The highest BCUT2D eigenvalue weighted by atomic mass is 35.5. The summed E-state index contributed by atoms with van der Waals surface area (Å²) < 4.78 is 23.8. The Kier molecular flexibility index (Phi) is 4.35. The summed E-state index contributed by atoms with van der Waals surface area (Å²) in [6.07, 6.45) is 1.09. The summed E-state index contributed by atoms with van der Waals surface area (Å²) in [7, 11) is -3.82. The Balaban J connectivity index is 2.16. The van der Waals surface area contributed by atoms with Gasteiger partial charge in [0.05, 0.1) is 11.1 Å². The molecule has 2 aromatic rings. The molecule has 0 unspecified atom stereocenters. The third-order valence-corrected chi connectivity index (χ3v) is 4.04. The van der Waals surface area contributed by atoms with E-state index in [-0.39, 0.29) is 22.0 Å². The first-order chi connectivity index (χ1) is 9.90. The summed E-state index contributed by atoms with van der Waals surface area (Å²) in [5.74, 6) is -0.702. The number of sulfonamides is 1. The van der Waals surface area contributed by atoms with Crippen molar-refractivity contribution in [2.75, 3.05) is 0 Å². The van der Waals surface area contributed by atoms with Gasteiger partial charge in [-0.3, -0.25) is 0 Å². The predicted octanol–water partition coefficient (Wildman–Crippen LogP) is 2.06. The lowest BCUT2D eigenvalue weighted by Crippen LogP contribution is -2.18. The van der Waals surface area contributed by atoms with Gasteiger partial charge in [0.15, 0.2) is 11.5 Å². The molecule has 0 saturated carbocycles. The number of para-hydroxylation sites is 1. The van der Waals surface area contributed by atoms with Crippen molar-refractivity contribution in [3.05, 3.63) is 53.1 Å². The van der Waals surface area contributed by atoms with Crippen LogP contribution in [0.1, 0.15) is 5.56 Å². The Morgan fingerprint density at radius 3 is 2.43 bits per heavy atom. The van der Waals surface area contributed by atoms with Gasteiger partial charge in [0, 0.05) is 10.6 Å². The van der Waals surface area contributed by atoms with E-state index in [0.29, 0.717) is 5.02 Å². The number of benzene rings is 2. The number of nitrogens with zero attached hydrogens (tertiary/aromatic N) is 1. The highest BCUT2D eigenvalue weighted by Crippen LogP contribution is 2.26. The Morgan fingerprint density at radius 2 is 1.76 bits per heavy atom. The van der Waals surface area contributed by atoms with E-state index >= 15 is 0 Å². The van der Waals surface area contributed by atoms with Gasteiger partial charge in [-0.2, -0.15) is 13.5 Å². The van der Waals surface area contributed by atoms with Crippen LogP contribution in [0, 0.1) is 0 Å². The van der Waals surface area contributed by atoms with Crippen molar-refractivity contribution in [3.8, 4) is 11.5 Å². The number of nitrogens with one attached hydrogen (secondary N) is 1. The molecule has 0 radical (unpaired) electrons. The maximum absolute atomic E-state index is 11.9. The molecule has 110 valence electrons. The molecule has 8 heteroatoms. The SMILES string of the molecule is O=S(=O)(NN=Cc1cccc(O)c1O)c1ccc(Cl)cc1. The van der Waals surface area contributed by atoms with Crippen molar-refractivity contribution in [3.63, 3.8) is 0 Å². The Bertz CT molecular complexity index is 773. The van der Waals surface area contributed by atoms with Crippen LogP contribution in [-0.2, 0) is 10.0 Å². The summed E-state index contributed by atoms with van der Waals surface area (Å²) in [6.45, 7) is 0. The number of hydrogen-bond donors (Lipinski definition) is 3. The first kappa shape index (κ1) is 15.1. The molecule has 0 aliphatic heterocycles. The molecule has 0 atom stereocenters. The molecule has 0 heterocycles. The molecule has 2 aromatic carbocycles. The van der Waals surface area contributed by atoms with Gasteiger partial charge >= 0.3 is 0 Å². The molecule has 3 N–H and O–H groups in total. The second-order valence-electron chi connectivity index (χ2n) is 4.02. The molecule has 6 nitrogen and oxygen atoms in total. The number of halogens is 1. The quantitative estimate of drug-likeness (QED) is 0.455. The van der Waals surface area contributed by atoms with Crippen molar-refractivity contribution in [1.29, 1.82) is 0 Å². The van der Waals surface area contributed by atoms with Crippen LogP contribution in [0.25, 0.3) is 0 Å². The van der Waals surface area contributed by atoms with E-state index in [1.807, 2.05) is 4.83 Å². The van der Waals surface area contributed by atoms with E-state index in [2.05, 4.69) is 5.10 Å². The molecule has 0 fully saturated rings. The minimum atomic E-state index is -3.82. The minimum absolute atomic E-state index is 0.00387. The van der Waals surface area contributed by atoms with Crippen molar-refractivity contribution in [2.45, 2.75) is 4.90 Å². The van der Waals surface area contributed by atoms with Gasteiger partial charge in [-0.15, -0.1) is 0 Å². The number of rotatable bonds is 4. The highest BCUT2D eigenvalue weighted by molar-refractivity contribution is 7.89. The van der Waals surface area contributed by atoms with Crippen LogP contribution in [0.4, 0.5) is 0 Å². The fourth-order valence-corrected chi connectivity index (χ4v) is 2.40. The van der Waals surface area contributed by atoms with Gasteiger partial charge < -0.3 is 10.2 Å². The largest absolute Gasteiger partial charge is 0.504 e. The molecule has 0 bridgehead atoms. The van der Waals surface area contributed by atoms with E-state index < -0.39 is 10.0 Å². The van der Waals surface area contributed by atoms with E-state index in [9.17, 15) is 18.6 Å². The van der Waals surface area contributed by atoms with Crippen molar-refractivity contribution in [2.24, 2.45) is 5.10 Å². The fourth-order valence-electron chi connectivity index (χ4n) is 1.48. The first-order valence-electron chi connectivity index (χ1n) is 5.71. The van der Waals surface area contributed by atoms with Gasteiger partial charge in [0.1, 0.15) is 0 Å². The second kappa shape index (κ2) is 6.02. The van der Waals surface area contributed by atoms with Gasteiger partial charge in [-0.05, 0) is 36.4 Å². The standard InChI is InChI=1S/C13H11ClN2O4S/c14-10-4-6-11(7-5-10)21(19,20)16-15-8-9-2-1-3-12(17)13(9)18/h1-8,16-18H. The van der Waals surface area contributed by atoms with Crippen LogP contribution < -0.4 is 4.83 Å². The lowest BCUT2D eigenvalue weighted by atomic mass is 10.2. The van der Waals surface area contributed by atoms with Crippen molar-refractivity contribution < 1.29 is 18.6 Å². The topological polar surface area (TPSA) is 99.0 Å². The molecular formula is C13H11ClN2O4S. The maximum Gasteiger partial charge on any atom is 0.276 e. The molecule has 0 aromatic heterocycles. The molecule has 2 rings (SSSR count). The van der Waals surface area contributed by atoms with Crippen LogP contribution in [-0.4, -0.2) is 24.8 Å². The smallest absolute Gasteiger partial charge is 0.276 e. The van der Waals surface area contributed by atoms with Gasteiger partial charge in [-0.25, -0.2) is 4.83 Å². The fraction of sp³-hybridized carbons (Fsp3) is 0. The van der Waals surface area contributed by atoms with E-state index in [1.165, 1.54) is 42.5 Å². The van der Waals surface area contributed by atoms with Gasteiger partial charge in [0.2, 0.25) is 0 Å². The second-order valence-corrected chi connectivity index (χ2v) is 6.12. The third kappa shape index (κ3) is 3.65. The van der Waals surface area contributed by atoms with Crippen LogP contribution in [0.15, 0.2) is 52.5 Å². The minimum Gasteiger partial charge on any atom is -0.504 e. The Labute approximate surface area is 126 Å². The third-order valence-electron chi connectivity index (χ3n) is 2.55. The van der Waals surface area contributed by atoms with E-state index in [1.54, 1.807) is 0 Å². The number of phenolic OH excluding ortho intramolecular Hbond substituents is 2. The first-order valence-corrected chi connectivity index (χ1v) is 7.57. The molecule has 0 aliphatic carbocycles. The predicted molar refractivity (Wildman–Crippen MR) is 79.1 cm³/mol. The monoisotopic (exact) mass is 326 g/mol. The number of phenols is 2. The summed E-state index contributed by atoms with van der Waals surface area (Å²) in [4.78, 5) is 2.00. The summed E-state index contributed by atoms with van der Waals surface area (Å²) in [5, 5.41) is 22.8. The number of aromatic hydroxyl groups is 2. The molecular weight excluding hydrogens is 316 g/mol. The lowest BCUT2D eigenvalue weighted by Gasteiger charge is -2.04.